The Bertz CT molecular complexity index is 605. The van der Waals surface area contributed by atoms with E-state index in [2.05, 4.69) is 17.2 Å². The van der Waals surface area contributed by atoms with Crippen molar-refractivity contribution >= 4 is 6.09 Å². The van der Waals surface area contributed by atoms with Crippen LogP contribution in [-0.4, -0.2) is 18.2 Å². The van der Waals surface area contributed by atoms with Crippen molar-refractivity contribution in [3.63, 3.8) is 0 Å². The number of ether oxygens (including phenoxy) is 1. The number of amides is 1. The first-order valence-electron chi connectivity index (χ1n) is 6.62. The maximum absolute atomic E-state index is 12.8. The summed E-state index contributed by atoms with van der Waals surface area (Å²) in [5.74, 6) is 5.17. The molecule has 1 aromatic rings. The summed E-state index contributed by atoms with van der Waals surface area (Å²) in [6.07, 6.45) is -5.03. The van der Waals surface area contributed by atoms with Crippen LogP contribution in [0.5, 0.6) is 0 Å². The number of halogens is 3. The fourth-order valence-corrected chi connectivity index (χ4v) is 1.58. The summed E-state index contributed by atoms with van der Waals surface area (Å²) in [6, 6.07) is 3.87. The lowest BCUT2D eigenvalue weighted by atomic mass is 10.0. The first kappa shape index (κ1) is 17.9. The molecule has 0 aliphatic heterocycles. The highest BCUT2D eigenvalue weighted by Crippen LogP contribution is 2.32. The fraction of sp³-hybridized carbons (Fsp3) is 0.438. The standard InChI is InChI=1S/C16H18F3NO2/c1-11-7-8-12(10-13(11)16(17,18)19)6-5-9-20-14(21)22-15(2,3)4/h7-8,10H,9H2,1-4H3,(H,20,21). The molecule has 0 saturated carbocycles. The van der Waals surface area contributed by atoms with Crippen LogP contribution in [0.15, 0.2) is 18.2 Å². The summed E-state index contributed by atoms with van der Waals surface area (Å²) in [7, 11) is 0. The highest BCUT2D eigenvalue weighted by molar-refractivity contribution is 5.68. The predicted octanol–water partition coefficient (Wildman–Crippen LogP) is 3.89. The van der Waals surface area contributed by atoms with Gasteiger partial charge < -0.3 is 10.1 Å². The molecule has 1 rings (SSSR count). The molecule has 1 amide bonds. The van der Waals surface area contributed by atoms with Crippen LogP contribution in [0.1, 0.15) is 37.5 Å². The van der Waals surface area contributed by atoms with Gasteiger partial charge >= 0.3 is 12.3 Å². The van der Waals surface area contributed by atoms with Crippen molar-refractivity contribution < 1.29 is 22.7 Å². The molecule has 0 aliphatic carbocycles. The molecule has 0 saturated heterocycles. The molecule has 0 aliphatic rings. The van der Waals surface area contributed by atoms with E-state index in [9.17, 15) is 18.0 Å². The van der Waals surface area contributed by atoms with Gasteiger partial charge in [-0.05, 0) is 45.4 Å². The highest BCUT2D eigenvalue weighted by atomic mass is 19.4. The average Bonchev–Trinajstić information content (AvgIpc) is 2.33. The molecule has 0 bridgehead atoms. The third-order valence-electron chi connectivity index (χ3n) is 2.50. The van der Waals surface area contributed by atoms with Gasteiger partial charge in [-0.1, -0.05) is 17.9 Å². The number of hydrogen-bond donors (Lipinski definition) is 1. The normalized spacial score (nSPS) is 11.4. The maximum atomic E-state index is 12.8. The number of nitrogens with one attached hydrogen (secondary N) is 1. The molecule has 0 aromatic heterocycles. The number of alkyl halides is 3. The molecule has 0 atom stereocenters. The van der Waals surface area contributed by atoms with E-state index in [0.717, 1.165) is 6.07 Å². The number of aryl methyl sites for hydroxylation is 1. The van der Waals surface area contributed by atoms with Crippen LogP contribution in [0.25, 0.3) is 0 Å². The van der Waals surface area contributed by atoms with Crippen molar-refractivity contribution in [2.75, 3.05) is 6.54 Å². The number of carbonyl (C=O) groups is 1. The Balaban J connectivity index is 2.68. The third-order valence-corrected chi connectivity index (χ3v) is 2.50. The van der Waals surface area contributed by atoms with E-state index in [1.54, 1.807) is 20.8 Å². The number of hydrogen-bond acceptors (Lipinski definition) is 2. The van der Waals surface area contributed by atoms with Crippen LogP contribution >= 0.6 is 0 Å². The minimum absolute atomic E-state index is 0.00978. The van der Waals surface area contributed by atoms with Crippen LogP contribution in [0.2, 0.25) is 0 Å². The second-order valence-electron chi connectivity index (χ2n) is 5.68. The van der Waals surface area contributed by atoms with Crippen molar-refractivity contribution in [3.8, 4) is 11.8 Å². The van der Waals surface area contributed by atoms with Gasteiger partial charge in [0.05, 0.1) is 12.1 Å². The minimum Gasteiger partial charge on any atom is -0.444 e. The Labute approximate surface area is 127 Å². The molecule has 0 unspecified atom stereocenters. The topological polar surface area (TPSA) is 38.3 Å². The van der Waals surface area contributed by atoms with Crippen molar-refractivity contribution in [2.24, 2.45) is 0 Å². The summed E-state index contributed by atoms with van der Waals surface area (Å²) >= 11 is 0. The Morgan fingerprint density at radius 1 is 1.27 bits per heavy atom. The Hall–Kier alpha value is -2.16. The predicted molar refractivity (Wildman–Crippen MR) is 77.3 cm³/mol. The molecule has 0 spiro atoms. The number of rotatable bonds is 1. The molecule has 120 valence electrons. The second-order valence-corrected chi connectivity index (χ2v) is 5.68. The smallest absolute Gasteiger partial charge is 0.416 e. The van der Waals surface area contributed by atoms with Gasteiger partial charge in [0.2, 0.25) is 0 Å². The van der Waals surface area contributed by atoms with Gasteiger partial charge in [-0.25, -0.2) is 4.79 Å². The minimum atomic E-state index is -4.41. The Kier molecular flexibility index (Phi) is 5.48. The summed E-state index contributed by atoms with van der Waals surface area (Å²) in [5, 5.41) is 2.41. The van der Waals surface area contributed by atoms with E-state index in [1.165, 1.54) is 19.1 Å². The van der Waals surface area contributed by atoms with Crippen LogP contribution in [0.3, 0.4) is 0 Å². The first-order valence-corrected chi connectivity index (χ1v) is 6.62. The van der Waals surface area contributed by atoms with Gasteiger partial charge in [0.1, 0.15) is 5.60 Å². The zero-order valence-corrected chi connectivity index (χ0v) is 12.9. The van der Waals surface area contributed by atoms with Crippen molar-refractivity contribution in [2.45, 2.75) is 39.5 Å². The van der Waals surface area contributed by atoms with Crippen molar-refractivity contribution in [1.29, 1.82) is 0 Å². The molecule has 6 heteroatoms. The van der Waals surface area contributed by atoms with Gasteiger partial charge in [-0.15, -0.1) is 0 Å². The summed E-state index contributed by atoms with van der Waals surface area (Å²) in [5.41, 5.74) is -0.941. The molecule has 0 radical (unpaired) electrons. The number of benzene rings is 1. The lowest BCUT2D eigenvalue weighted by molar-refractivity contribution is -0.138. The molecular formula is C16H18F3NO2. The lowest BCUT2D eigenvalue weighted by Crippen LogP contribution is -2.32. The molecule has 22 heavy (non-hydrogen) atoms. The van der Waals surface area contributed by atoms with E-state index >= 15 is 0 Å². The molecule has 0 fully saturated rings. The Morgan fingerprint density at radius 3 is 2.45 bits per heavy atom. The fourth-order valence-electron chi connectivity index (χ4n) is 1.58. The SMILES string of the molecule is Cc1ccc(C#CCNC(=O)OC(C)(C)C)cc1C(F)(F)F. The van der Waals surface area contributed by atoms with Crippen LogP contribution in [0.4, 0.5) is 18.0 Å². The summed E-state index contributed by atoms with van der Waals surface area (Å²) in [4.78, 5) is 11.4. The van der Waals surface area contributed by atoms with Gasteiger partial charge in [0.25, 0.3) is 0 Å². The zero-order valence-electron chi connectivity index (χ0n) is 12.9. The van der Waals surface area contributed by atoms with Gasteiger partial charge in [0.15, 0.2) is 0 Å². The monoisotopic (exact) mass is 313 g/mol. The van der Waals surface area contributed by atoms with E-state index in [1.807, 2.05) is 0 Å². The largest absolute Gasteiger partial charge is 0.444 e. The van der Waals surface area contributed by atoms with E-state index in [-0.39, 0.29) is 17.7 Å². The molecule has 0 heterocycles. The second kappa shape index (κ2) is 6.73. The van der Waals surface area contributed by atoms with E-state index in [4.69, 9.17) is 4.74 Å². The number of carbonyl (C=O) groups excluding carboxylic acids is 1. The van der Waals surface area contributed by atoms with Gasteiger partial charge in [0, 0.05) is 5.56 Å². The quantitative estimate of drug-likeness (QED) is 0.799. The molecule has 3 nitrogen and oxygen atoms in total. The third kappa shape index (κ3) is 6.08. The van der Waals surface area contributed by atoms with E-state index in [0.29, 0.717) is 0 Å². The van der Waals surface area contributed by atoms with Gasteiger partial charge in [-0.2, -0.15) is 13.2 Å². The molecule has 1 aromatic carbocycles. The Morgan fingerprint density at radius 2 is 1.91 bits per heavy atom. The maximum Gasteiger partial charge on any atom is 0.416 e. The highest BCUT2D eigenvalue weighted by Gasteiger charge is 2.32. The van der Waals surface area contributed by atoms with E-state index < -0.39 is 23.4 Å². The van der Waals surface area contributed by atoms with Crippen molar-refractivity contribution in [1.82, 2.24) is 5.32 Å². The van der Waals surface area contributed by atoms with Gasteiger partial charge in [-0.3, -0.25) is 0 Å². The van der Waals surface area contributed by atoms with Crippen molar-refractivity contribution in [3.05, 3.63) is 34.9 Å². The summed E-state index contributed by atoms with van der Waals surface area (Å²) < 4.78 is 43.3. The molecular weight excluding hydrogens is 295 g/mol. The van der Waals surface area contributed by atoms with Crippen LogP contribution < -0.4 is 5.32 Å². The number of alkyl carbamates (subject to hydrolysis) is 1. The lowest BCUT2D eigenvalue weighted by Gasteiger charge is -2.19. The van der Waals surface area contributed by atoms with Crippen LogP contribution in [-0.2, 0) is 10.9 Å². The average molecular weight is 313 g/mol. The first-order chi connectivity index (χ1) is 9.99. The molecule has 1 N–H and O–H groups in total. The zero-order chi connectivity index (χ0) is 17.0. The van der Waals surface area contributed by atoms with Crippen LogP contribution in [0, 0.1) is 18.8 Å². The summed E-state index contributed by atoms with van der Waals surface area (Å²) in [6.45, 7) is 6.56.